The third-order valence-corrected chi connectivity index (χ3v) is 6.55. The number of anilines is 3. The molecule has 29 heavy (non-hydrogen) atoms. The summed E-state index contributed by atoms with van der Waals surface area (Å²) in [5.74, 6) is 1.79. The van der Waals surface area contributed by atoms with Crippen LogP contribution in [-0.4, -0.2) is 45.7 Å². The van der Waals surface area contributed by atoms with Gasteiger partial charge in [-0.2, -0.15) is 14.6 Å². The third-order valence-electron chi connectivity index (χ3n) is 5.75. The molecule has 0 radical (unpaired) electrons. The lowest BCUT2D eigenvalue weighted by Gasteiger charge is -2.51. The maximum absolute atomic E-state index is 13.4. The predicted octanol–water partition coefficient (Wildman–Crippen LogP) is 3.49. The van der Waals surface area contributed by atoms with Gasteiger partial charge >= 0.3 is 0 Å². The molecular weight excluding hydrogens is 389 g/mol. The number of rotatable bonds is 7. The van der Waals surface area contributed by atoms with Crippen molar-refractivity contribution < 1.29 is 4.39 Å². The molecule has 0 amide bonds. The molecule has 2 unspecified atom stereocenters. The van der Waals surface area contributed by atoms with Crippen molar-refractivity contribution in [2.45, 2.75) is 51.2 Å². The Kier molecular flexibility index (Phi) is 5.65. The number of nitrogens with one attached hydrogen (secondary N) is 2. The Morgan fingerprint density at radius 2 is 2.21 bits per heavy atom. The molecule has 2 N–H and O–H groups in total. The van der Waals surface area contributed by atoms with Gasteiger partial charge < -0.3 is 15.5 Å². The van der Waals surface area contributed by atoms with E-state index in [-0.39, 0.29) is 5.54 Å². The van der Waals surface area contributed by atoms with Crippen LogP contribution in [0, 0.1) is 31.1 Å². The van der Waals surface area contributed by atoms with Gasteiger partial charge in [0.25, 0.3) is 0 Å². The Morgan fingerprint density at radius 3 is 2.86 bits per heavy atom. The summed E-state index contributed by atoms with van der Waals surface area (Å²) < 4.78 is 17.7. The molecule has 2 aromatic heterocycles. The molecule has 7 nitrogen and oxygen atoms in total. The Balaban J connectivity index is 1.41. The monoisotopic (exact) mass is 415 g/mol. The molecule has 154 valence electrons. The fourth-order valence-corrected chi connectivity index (χ4v) is 4.83. The van der Waals surface area contributed by atoms with Gasteiger partial charge in [0.2, 0.25) is 5.95 Å². The first-order valence-electron chi connectivity index (χ1n) is 10.0. The molecule has 1 aliphatic heterocycles. The zero-order chi connectivity index (χ0) is 20.4. The molecule has 3 heterocycles. The maximum atomic E-state index is 13.4. The summed E-state index contributed by atoms with van der Waals surface area (Å²) in [6, 6.07) is 4.28. The second-order valence-electron chi connectivity index (χ2n) is 8.29. The highest BCUT2D eigenvalue weighted by atomic mass is 32.1. The molecule has 0 spiro atoms. The van der Waals surface area contributed by atoms with Crippen LogP contribution in [0.5, 0.6) is 0 Å². The summed E-state index contributed by atoms with van der Waals surface area (Å²) >= 11 is 1.38. The van der Waals surface area contributed by atoms with Gasteiger partial charge in [0.05, 0.1) is 23.7 Å². The van der Waals surface area contributed by atoms with E-state index in [4.69, 9.17) is 4.98 Å². The molecule has 2 atom stereocenters. The van der Waals surface area contributed by atoms with Crippen molar-refractivity contribution in [3.63, 3.8) is 0 Å². The van der Waals surface area contributed by atoms with Crippen molar-refractivity contribution in [2.75, 3.05) is 29.9 Å². The smallest absolute Gasteiger partial charge is 0.229 e. The van der Waals surface area contributed by atoms with E-state index in [2.05, 4.69) is 31.0 Å². The Morgan fingerprint density at radius 1 is 1.38 bits per heavy atom. The second kappa shape index (κ2) is 8.20. The number of nitrogens with zero attached hydrogens (tertiary/aromatic N) is 5. The lowest BCUT2D eigenvalue weighted by molar-refractivity contribution is 0.239. The van der Waals surface area contributed by atoms with Gasteiger partial charge in [0.1, 0.15) is 17.0 Å². The summed E-state index contributed by atoms with van der Waals surface area (Å²) in [5, 5.41) is 17.0. The van der Waals surface area contributed by atoms with Crippen LogP contribution >= 0.6 is 11.5 Å². The quantitative estimate of drug-likeness (QED) is 0.715. The minimum atomic E-state index is -0.663. The maximum Gasteiger partial charge on any atom is 0.229 e. The molecule has 1 saturated carbocycles. The van der Waals surface area contributed by atoms with E-state index >= 15 is 0 Å². The predicted molar refractivity (Wildman–Crippen MR) is 112 cm³/mol. The zero-order valence-corrected chi connectivity index (χ0v) is 17.6. The second-order valence-corrected chi connectivity index (χ2v) is 9.09. The lowest BCUT2D eigenvalue weighted by atomic mass is 9.85. The van der Waals surface area contributed by atoms with Crippen LogP contribution in [0.2, 0.25) is 0 Å². The third kappa shape index (κ3) is 4.49. The van der Waals surface area contributed by atoms with E-state index in [0.29, 0.717) is 44.2 Å². The Labute approximate surface area is 174 Å². The highest BCUT2D eigenvalue weighted by Crippen LogP contribution is 2.33. The van der Waals surface area contributed by atoms with Gasteiger partial charge in [-0.25, -0.2) is 9.37 Å². The number of aromatic nitrogens is 3. The number of halogens is 1. The van der Waals surface area contributed by atoms with Crippen molar-refractivity contribution in [1.29, 1.82) is 5.26 Å². The minimum Gasteiger partial charge on any atom is -0.352 e. The lowest BCUT2D eigenvalue weighted by Crippen LogP contribution is -2.70. The first-order chi connectivity index (χ1) is 14.0. The SMILES string of the molecule is Cc1cc(Nc2ncc(C)c(N3CC(CC#N)(NCC4CCC(F)C4)C3)n2)sn1. The summed E-state index contributed by atoms with van der Waals surface area (Å²) in [6.45, 7) is 6.14. The number of hydrogen-bond acceptors (Lipinski definition) is 8. The fraction of sp³-hybridized carbons (Fsp3) is 0.600. The molecular formula is C20H26FN7S. The number of hydrogen-bond donors (Lipinski definition) is 2. The summed E-state index contributed by atoms with van der Waals surface area (Å²) in [5.41, 5.74) is 1.71. The van der Waals surface area contributed by atoms with Gasteiger partial charge in [-0.15, -0.1) is 0 Å². The van der Waals surface area contributed by atoms with E-state index < -0.39 is 6.17 Å². The fourth-order valence-electron chi connectivity index (χ4n) is 4.18. The molecule has 4 rings (SSSR count). The van der Waals surface area contributed by atoms with E-state index in [0.717, 1.165) is 35.0 Å². The van der Waals surface area contributed by atoms with Gasteiger partial charge in [-0.3, -0.25) is 0 Å². The van der Waals surface area contributed by atoms with Gasteiger partial charge in [-0.05, 0) is 63.2 Å². The standard InChI is InChI=1S/C20H26FN7S/c1-13-9-23-19(25-17-7-14(2)27-29-17)26-18(13)28-11-20(12-28,5-6-22)24-10-15-3-4-16(21)8-15/h7,9,15-16,24H,3-5,8,10-12H2,1-2H3,(H,23,25,26). The number of alkyl halides is 1. The molecule has 2 aromatic rings. The first-order valence-corrected chi connectivity index (χ1v) is 10.8. The summed E-state index contributed by atoms with van der Waals surface area (Å²) in [6.07, 6.45) is 3.82. The molecule has 2 fully saturated rings. The molecule has 0 bridgehead atoms. The van der Waals surface area contributed by atoms with Crippen LogP contribution in [0.15, 0.2) is 12.3 Å². The van der Waals surface area contributed by atoms with E-state index in [1.807, 2.05) is 26.1 Å². The molecule has 1 saturated heterocycles. The average Bonchev–Trinajstić information content (AvgIpc) is 3.26. The van der Waals surface area contributed by atoms with E-state index in [1.165, 1.54) is 11.5 Å². The number of nitriles is 1. The number of aryl methyl sites for hydroxylation is 2. The van der Waals surface area contributed by atoms with Crippen LogP contribution in [0.4, 0.5) is 21.2 Å². The largest absolute Gasteiger partial charge is 0.352 e. The molecule has 2 aliphatic rings. The summed E-state index contributed by atoms with van der Waals surface area (Å²) in [7, 11) is 0. The van der Waals surface area contributed by atoms with Crippen LogP contribution in [0.25, 0.3) is 0 Å². The van der Waals surface area contributed by atoms with Crippen molar-refractivity contribution >= 4 is 28.3 Å². The van der Waals surface area contributed by atoms with Gasteiger partial charge in [0.15, 0.2) is 0 Å². The van der Waals surface area contributed by atoms with Crippen molar-refractivity contribution in [1.82, 2.24) is 19.7 Å². The summed E-state index contributed by atoms with van der Waals surface area (Å²) in [4.78, 5) is 11.3. The first kappa shape index (κ1) is 20.0. The van der Waals surface area contributed by atoms with Crippen molar-refractivity contribution in [3.05, 3.63) is 23.5 Å². The van der Waals surface area contributed by atoms with Crippen LogP contribution in [-0.2, 0) is 0 Å². The molecule has 9 heteroatoms. The van der Waals surface area contributed by atoms with Gasteiger partial charge in [0, 0.05) is 24.8 Å². The van der Waals surface area contributed by atoms with Crippen molar-refractivity contribution in [3.8, 4) is 6.07 Å². The zero-order valence-electron chi connectivity index (χ0n) is 16.8. The Bertz CT molecular complexity index is 902. The molecule has 0 aromatic carbocycles. The average molecular weight is 416 g/mol. The minimum absolute atomic E-state index is 0.247. The normalized spacial score (nSPS) is 22.9. The Hall–Kier alpha value is -2.31. The highest BCUT2D eigenvalue weighted by molar-refractivity contribution is 7.10. The van der Waals surface area contributed by atoms with Crippen LogP contribution < -0.4 is 15.5 Å². The van der Waals surface area contributed by atoms with Crippen LogP contribution in [0.3, 0.4) is 0 Å². The van der Waals surface area contributed by atoms with Crippen LogP contribution in [0.1, 0.15) is 36.9 Å². The van der Waals surface area contributed by atoms with E-state index in [1.54, 1.807) is 0 Å². The molecule has 1 aliphatic carbocycles. The van der Waals surface area contributed by atoms with Crippen molar-refractivity contribution in [2.24, 2.45) is 5.92 Å². The van der Waals surface area contributed by atoms with E-state index in [9.17, 15) is 9.65 Å². The highest BCUT2D eigenvalue weighted by Gasteiger charge is 2.44. The topological polar surface area (TPSA) is 89.8 Å². The van der Waals surface area contributed by atoms with Gasteiger partial charge in [-0.1, -0.05) is 0 Å².